The Bertz CT molecular complexity index is 558. The van der Waals surface area contributed by atoms with Crippen LogP contribution in [-0.2, 0) is 9.53 Å². The monoisotopic (exact) mass is 350 g/mol. The zero-order chi connectivity index (χ0) is 17.5. The maximum Gasteiger partial charge on any atom is 0.236 e. The fraction of sp³-hybridized carbons (Fsp3) is 0.611. The smallest absolute Gasteiger partial charge is 0.236 e. The van der Waals surface area contributed by atoms with E-state index in [0.29, 0.717) is 38.4 Å². The molecule has 2 saturated heterocycles. The van der Waals surface area contributed by atoms with E-state index in [9.17, 15) is 9.18 Å². The number of hydrogen-bond acceptors (Lipinski definition) is 5. The lowest BCUT2D eigenvalue weighted by Crippen LogP contribution is -2.51. The van der Waals surface area contributed by atoms with E-state index in [0.717, 1.165) is 39.4 Å². The van der Waals surface area contributed by atoms with Gasteiger partial charge in [-0.15, -0.1) is 0 Å². The van der Waals surface area contributed by atoms with Crippen molar-refractivity contribution >= 4 is 11.6 Å². The maximum atomic E-state index is 13.8. The Kier molecular flexibility index (Phi) is 6.61. The summed E-state index contributed by atoms with van der Waals surface area (Å²) in [5.74, 6) is -0.0813. The van der Waals surface area contributed by atoms with Crippen molar-refractivity contribution in [2.75, 3.05) is 77.0 Å². The van der Waals surface area contributed by atoms with Gasteiger partial charge in [0.15, 0.2) is 0 Å². The van der Waals surface area contributed by atoms with Crippen LogP contribution in [0.3, 0.4) is 0 Å². The third kappa shape index (κ3) is 5.14. The molecule has 0 bridgehead atoms. The Hall–Kier alpha value is -1.70. The molecule has 7 heteroatoms. The van der Waals surface area contributed by atoms with Gasteiger partial charge in [0.25, 0.3) is 0 Å². The van der Waals surface area contributed by atoms with E-state index in [2.05, 4.69) is 10.2 Å². The molecule has 0 spiro atoms. The van der Waals surface area contributed by atoms with Gasteiger partial charge in [-0.3, -0.25) is 9.69 Å². The molecule has 2 aliphatic heterocycles. The number of ether oxygens (including phenoxy) is 1. The molecule has 3 rings (SSSR count). The third-order valence-corrected chi connectivity index (χ3v) is 4.81. The van der Waals surface area contributed by atoms with E-state index >= 15 is 0 Å². The average Bonchev–Trinajstić information content (AvgIpc) is 2.66. The summed E-state index contributed by atoms with van der Waals surface area (Å²) in [5, 5.41) is 3.23. The fourth-order valence-electron chi connectivity index (χ4n) is 3.27. The predicted octanol–water partition coefficient (Wildman–Crippen LogP) is 0.396. The highest BCUT2D eigenvalue weighted by Gasteiger charge is 2.22. The van der Waals surface area contributed by atoms with Crippen LogP contribution in [-0.4, -0.2) is 87.8 Å². The van der Waals surface area contributed by atoms with Crippen molar-refractivity contribution in [2.24, 2.45) is 0 Å². The first-order chi connectivity index (χ1) is 12.2. The van der Waals surface area contributed by atoms with Crippen molar-refractivity contribution in [1.82, 2.24) is 15.1 Å². The number of para-hydroxylation sites is 1. The van der Waals surface area contributed by atoms with E-state index in [4.69, 9.17) is 4.74 Å². The molecule has 0 atom stereocenters. The van der Waals surface area contributed by atoms with Crippen molar-refractivity contribution in [3.05, 3.63) is 30.1 Å². The summed E-state index contributed by atoms with van der Waals surface area (Å²) >= 11 is 0. The number of carbonyl (C=O) groups excluding carboxylic acids is 1. The van der Waals surface area contributed by atoms with E-state index in [-0.39, 0.29) is 11.7 Å². The molecule has 0 aliphatic carbocycles. The number of hydrogen-bond donors (Lipinski definition) is 1. The van der Waals surface area contributed by atoms with Gasteiger partial charge in [-0.25, -0.2) is 4.39 Å². The third-order valence-electron chi connectivity index (χ3n) is 4.81. The first-order valence-corrected chi connectivity index (χ1v) is 9.02. The van der Waals surface area contributed by atoms with Gasteiger partial charge in [-0.1, -0.05) is 12.1 Å². The first-order valence-electron chi connectivity index (χ1n) is 9.02. The number of nitrogens with zero attached hydrogens (tertiary/aromatic N) is 3. The van der Waals surface area contributed by atoms with Crippen LogP contribution in [0.25, 0.3) is 0 Å². The zero-order valence-electron chi connectivity index (χ0n) is 14.6. The minimum atomic E-state index is -0.202. The fourth-order valence-corrected chi connectivity index (χ4v) is 3.27. The Morgan fingerprint density at radius 3 is 2.52 bits per heavy atom. The van der Waals surface area contributed by atoms with Crippen molar-refractivity contribution < 1.29 is 13.9 Å². The summed E-state index contributed by atoms with van der Waals surface area (Å²) in [6, 6.07) is 6.81. The summed E-state index contributed by atoms with van der Waals surface area (Å²) in [7, 11) is 0. The van der Waals surface area contributed by atoms with Crippen LogP contribution in [0.4, 0.5) is 10.1 Å². The minimum Gasteiger partial charge on any atom is -0.379 e. The molecule has 0 unspecified atom stereocenters. The molecule has 0 radical (unpaired) electrons. The summed E-state index contributed by atoms with van der Waals surface area (Å²) in [4.78, 5) is 18.5. The Morgan fingerprint density at radius 1 is 1.08 bits per heavy atom. The molecule has 138 valence electrons. The second-order valence-electron chi connectivity index (χ2n) is 6.45. The largest absolute Gasteiger partial charge is 0.379 e. The number of rotatable bonds is 6. The minimum absolute atomic E-state index is 0.121. The summed E-state index contributed by atoms with van der Waals surface area (Å²) < 4.78 is 19.2. The molecule has 1 N–H and O–H groups in total. The van der Waals surface area contributed by atoms with Crippen LogP contribution in [0.1, 0.15) is 0 Å². The van der Waals surface area contributed by atoms with Crippen LogP contribution in [0, 0.1) is 5.82 Å². The second kappa shape index (κ2) is 9.12. The lowest BCUT2D eigenvalue weighted by atomic mass is 10.2. The Labute approximate surface area is 148 Å². The second-order valence-corrected chi connectivity index (χ2v) is 6.45. The van der Waals surface area contributed by atoms with Crippen molar-refractivity contribution in [3.8, 4) is 0 Å². The molecular formula is C18H27FN4O2. The lowest BCUT2D eigenvalue weighted by molar-refractivity contribution is -0.130. The molecule has 2 aliphatic rings. The van der Waals surface area contributed by atoms with Gasteiger partial charge in [0.05, 0.1) is 25.4 Å². The lowest BCUT2D eigenvalue weighted by Gasteiger charge is -2.36. The SMILES string of the molecule is O=C(CNCCN1CCOCC1)N1CCN(c2ccccc2F)CC1. The van der Waals surface area contributed by atoms with Gasteiger partial charge < -0.3 is 19.9 Å². The van der Waals surface area contributed by atoms with Gasteiger partial charge in [-0.05, 0) is 12.1 Å². The highest BCUT2D eigenvalue weighted by molar-refractivity contribution is 5.78. The Balaban J connectivity index is 1.35. The van der Waals surface area contributed by atoms with Crippen LogP contribution in [0.15, 0.2) is 24.3 Å². The van der Waals surface area contributed by atoms with E-state index < -0.39 is 0 Å². The van der Waals surface area contributed by atoms with E-state index in [1.54, 1.807) is 12.1 Å². The summed E-state index contributed by atoms with van der Waals surface area (Å²) in [6.45, 7) is 8.25. The molecule has 25 heavy (non-hydrogen) atoms. The van der Waals surface area contributed by atoms with Gasteiger partial charge >= 0.3 is 0 Å². The number of benzene rings is 1. The molecule has 0 saturated carbocycles. The van der Waals surface area contributed by atoms with Gasteiger partial charge in [-0.2, -0.15) is 0 Å². The van der Waals surface area contributed by atoms with Crippen LogP contribution in [0.2, 0.25) is 0 Å². The molecule has 1 aromatic carbocycles. The highest BCUT2D eigenvalue weighted by atomic mass is 19.1. The standard InChI is InChI=1S/C18H27FN4O2/c19-16-3-1-2-4-17(16)22-7-9-23(10-8-22)18(24)15-20-5-6-21-11-13-25-14-12-21/h1-4,20H,5-15H2. The van der Waals surface area contributed by atoms with Crippen molar-refractivity contribution in [2.45, 2.75) is 0 Å². The number of nitrogens with one attached hydrogen (secondary N) is 1. The van der Waals surface area contributed by atoms with Gasteiger partial charge in [0.2, 0.25) is 5.91 Å². The van der Waals surface area contributed by atoms with E-state index in [1.807, 2.05) is 15.9 Å². The van der Waals surface area contributed by atoms with Gasteiger partial charge in [0, 0.05) is 52.4 Å². The maximum absolute atomic E-state index is 13.8. The molecule has 1 aromatic rings. The predicted molar refractivity (Wildman–Crippen MR) is 95.3 cm³/mol. The number of anilines is 1. The van der Waals surface area contributed by atoms with Crippen molar-refractivity contribution in [3.63, 3.8) is 0 Å². The zero-order valence-corrected chi connectivity index (χ0v) is 14.6. The van der Waals surface area contributed by atoms with Crippen LogP contribution in [0.5, 0.6) is 0 Å². The summed E-state index contributed by atoms with van der Waals surface area (Å²) in [5.41, 5.74) is 0.623. The topological polar surface area (TPSA) is 48.1 Å². The molecule has 2 fully saturated rings. The number of morpholine rings is 1. The molecule has 0 aromatic heterocycles. The van der Waals surface area contributed by atoms with Crippen LogP contribution < -0.4 is 10.2 Å². The van der Waals surface area contributed by atoms with E-state index in [1.165, 1.54) is 6.07 Å². The molecule has 1 amide bonds. The Morgan fingerprint density at radius 2 is 1.80 bits per heavy atom. The number of halogens is 1. The molecule has 2 heterocycles. The van der Waals surface area contributed by atoms with Crippen LogP contribution >= 0.6 is 0 Å². The summed E-state index contributed by atoms with van der Waals surface area (Å²) in [6.07, 6.45) is 0. The number of amides is 1. The number of piperazine rings is 1. The number of carbonyl (C=O) groups is 1. The van der Waals surface area contributed by atoms with Crippen molar-refractivity contribution in [1.29, 1.82) is 0 Å². The molecular weight excluding hydrogens is 323 g/mol. The quantitative estimate of drug-likeness (QED) is 0.753. The normalized spacial score (nSPS) is 19.2. The average molecular weight is 350 g/mol. The van der Waals surface area contributed by atoms with Gasteiger partial charge in [0.1, 0.15) is 5.82 Å². The molecule has 6 nitrogen and oxygen atoms in total. The first kappa shape index (κ1) is 18.1. The highest BCUT2D eigenvalue weighted by Crippen LogP contribution is 2.20.